The van der Waals surface area contributed by atoms with Crippen LogP contribution in [-0.2, 0) is 6.54 Å². The maximum Gasteiger partial charge on any atom is 0.488 e. The summed E-state index contributed by atoms with van der Waals surface area (Å²) in [4.78, 5) is 2.27. The molecule has 1 aliphatic carbocycles. The predicted octanol–water partition coefficient (Wildman–Crippen LogP) is 0.359. The number of hydrogen-bond acceptors (Lipinski definition) is 4. The molecular formula is C13H20BNO3. The third-order valence-corrected chi connectivity index (χ3v) is 3.75. The Morgan fingerprint density at radius 2 is 2.11 bits per heavy atom. The van der Waals surface area contributed by atoms with Crippen molar-refractivity contribution in [3.05, 3.63) is 23.8 Å². The van der Waals surface area contributed by atoms with E-state index in [0.717, 1.165) is 17.9 Å². The van der Waals surface area contributed by atoms with Crippen LogP contribution >= 0.6 is 0 Å². The summed E-state index contributed by atoms with van der Waals surface area (Å²) < 4.78 is 5.19. The molecule has 98 valence electrons. The molecule has 1 aliphatic rings. The minimum Gasteiger partial charge on any atom is -0.497 e. The monoisotopic (exact) mass is 249 g/mol. The van der Waals surface area contributed by atoms with E-state index in [2.05, 4.69) is 11.9 Å². The third-order valence-electron chi connectivity index (χ3n) is 3.75. The van der Waals surface area contributed by atoms with Crippen LogP contribution in [0.5, 0.6) is 5.75 Å². The van der Waals surface area contributed by atoms with E-state index in [0.29, 0.717) is 11.5 Å². The van der Waals surface area contributed by atoms with Crippen LogP contribution in [0.1, 0.15) is 24.8 Å². The van der Waals surface area contributed by atoms with Gasteiger partial charge in [0.2, 0.25) is 0 Å². The number of hydrogen-bond donors (Lipinski definition) is 2. The highest BCUT2D eigenvalue weighted by Gasteiger charge is 2.24. The summed E-state index contributed by atoms with van der Waals surface area (Å²) in [6, 6.07) is 5.97. The molecule has 0 aliphatic heterocycles. The lowest BCUT2D eigenvalue weighted by Gasteiger charge is -2.35. The van der Waals surface area contributed by atoms with E-state index in [9.17, 15) is 10.0 Å². The highest BCUT2D eigenvalue weighted by Crippen LogP contribution is 2.25. The van der Waals surface area contributed by atoms with E-state index in [4.69, 9.17) is 4.74 Å². The average molecular weight is 249 g/mol. The van der Waals surface area contributed by atoms with Crippen molar-refractivity contribution < 1.29 is 14.8 Å². The summed E-state index contributed by atoms with van der Waals surface area (Å²) in [5, 5.41) is 18.8. The lowest BCUT2D eigenvalue weighted by Crippen LogP contribution is -2.40. The molecule has 2 rings (SSSR count). The number of rotatable bonds is 5. The van der Waals surface area contributed by atoms with Gasteiger partial charge in [0.1, 0.15) is 5.75 Å². The molecule has 18 heavy (non-hydrogen) atoms. The van der Waals surface area contributed by atoms with Crippen LogP contribution in [0.3, 0.4) is 0 Å². The molecule has 0 saturated heterocycles. The maximum atomic E-state index is 9.39. The Balaban J connectivity index is 2.17. The van der Waals surface area contributed by atoms with Gasteiger partial charge in [-0.25, -0.2) is 0 Å². The summed E-state index contributed by atoms with van der Waals surface area (Å²) >= 11 is 0. The highest BCUT2D eigenvalue weighted by molar-refractivity contribution is 6.59. The van der Waals surface area contributed by atoms with Gasteiger partial charge in [0.25, 0.3) is 0 Å². The molecule has 0 unspecified atom stereocenters. The van der Waals surface area contributed by atoms with E-state index in [-0.39, 0.29) is 0 Å². The number of methoxy groups -OCH3 is 1. The highest BCUT2D eigenvalue weighted by atomic mass is 16.5. The zero-order chi connectivity index (χ0) is 13.1. The number of nitrogens with zero attached hydrogens (tertiary/aromatic N) is 1. The predicted molar refractivity (Wildman–Crippen MR) is 71.9 cm³/mol. The van der Waals surface area contributed by atoms with Crippen molar-refractivity contribution in [3.63, 3.8) is 0 Å². The third kappa shape index (κ3) is 2.86. The fourth-order valence-corrected chi connectivity index (χ4v) is 2.32. The van der Waals surface area contributed by atoms with Crippen molar-refractivity contribution in [3.8, 4) is 5.75 Å². The molecule has 0 bridgehead atoms. The molecule has 2 N–H and O–H groups in total. The summed E-state index contributed by atoms with van der Waals surface area (Å²) in [5.74, 6) is 0.747. The van der Waals surface area contributed by atoms with E-state index in [1.165, 1.54) is 19.3 Å². The second kappa shape index (κ2) is 5.74. The lowest BCUT2D eigenvalue weighted by molar-refractivity contribution is 0.153. The maximum absolute atomic E-state index is 9.39. The second-order valence-electron chi connectivity index (χ2n) is 4.94. The Bertz CT molecular complexity index is 407. The van der Waals surface area contributed by atoms with Crippen molar-refractivity contribution in [1.82, 2.24) is 4.90 Å². The van der Waals surface area contributed by atoms with Gasteiger partial charge in [-0.15, -0.1) is 0 Å². The molecule has 5 heteroatoms. The van der Waals surface area contributed by atoms with Crippen molar-refractivity contribution in [2.24, 2.45) is 0 Å². The molecule has 1 fully saturated rings. The minimum atomic E-state index is -1.43. The van der Waals surface area contributed by atoms with E-state index < -0.39 is 7.12 Å². The van der Waals surface area contributed by atoms with Crippen molar-refractivity contribution >= 4 is 12.6 Å². The van der Waals surface area contributed by atoms with Gasteiger partial charge >= 0.3 is 7.12 Å². The molecule has 0 radical (unpaired) electrons. The smallest absolute Gasteiger partial charge is 0.488 e. The molecule has 0 atom stereocenters. The van der Waals surface area contributed by atoms with Gasteiger partial charge in [0.05, 0.1) is 7.11 Å². The van der Waals surface area contributed by atoms with Crippen LogP contribution < -0.4 is 10.2 Å². The van der Waals surface area contributed by atoms with Crippen molar-refractivity contribution in [1.29, 1.82) is 0 Å². The van der Waals surface area contributed by atoms with Crippen molar-refractivity contribution in [2.75, 3.05) is 14.2 Å². The van der Waals surface area contributed by atoms with E-state index in [1.54, 1.807) is 19.2 Å². The summed E-state index contributed by atoms with van der Waals surface area (Å²) in [6.07, 6.45) is 3.76. The first-order valence-electron chi connectivity index (χ1n) is 6.35. The molecule has 0 spiro atoms. The van der Waals surface area contributed by atoms with Gasteiger partial charge in [-0.3, -0.25) is 4.90 Å². The minimum absolute atomic E-state index is 0.557. The Morgan fingerprint density at radius 1 is 1.39 bits per heavy atom. The van der Waals surface area contributed by atoms with Gasteiger partial charge in [0, 0.05) is 12.6 Å². The quantitative estimate of drug-likeness (QED) is 0.740. The van der Waals surface area contributed by atoms with Crippen LogP contribution in [0, 0.1) is 0 Å². The summed E-state index contributed by atoms with van der Waals surface area (Å²) in [5.41, 5.74) is 1.47. The van der Waals surface area contributed by atoms with Gasteiger partial charge in [0.15, 0.2) is 0 Å². The van der Waals surface area contributed by atoms with Gasteiger partial charge < -0.3 is 14.8 Å². The Hall–Kier alpha value is -1.04. The first kappa shape index (κ1) is 13.4. The molecule has 1 aromatic rings. The standard InChI is InChI=1S/C13H20BNO3/c1-15(11-4-3-5-11)9-10-8-12(18-2)6-7-13(10)14(16)17/h6-8,11,16-17H,3-5,9H2,1-2H3. The summed E-state index contributed by atoms with van der Waals surface area (Å²) in [6.45, 7) is 0.717. The molecular weight excluding hydrogens is 229 g/mol. The normalized spacial score (nSPS) is 15.6. The molecule has 0 amide bonds. The lowest BCUT2D eigenvalue weighted by atomic mass is 9.76. The Labute approximate surface area is 108 Å². The van der Waals surface area contributed by atoms with Crippen LogP contribution in [0.25, 0.3) is 0 Å². The van der Waals surface area contributed by atoms with Crippen LogP contribution in [0.15, 0.2) is 18.2 Å². The first-order chi connectivity index (χ1) is 8.61. The fraction of sp³-hybridized carbons (Fsp3) is 0.538. The van der Waals surface area contributed by atoms with Crippen LogP contribution in [0.4, 0.5) is 0 Å². The van der Waals surface area contributed by atoms with Gasteiger partial charge in [-0.2, -0.15) is 0 Å². The Kier molecular flexibility index (Phi) is 4.27. The largest absolute Gasteiger partial charge is 0.497 e. The first-order valence-corrected chi connectivity index (χ1v) is 6.35. The van der Waals surface area contributed by atoms with Crippen LogP contribution in [-0.4, -0.2) is 42.3 Å². The molecule has 0 aromatic heterocycles. The summed E-state index contributed by atoms with van der Waals surface area (Å²) in [7, 11) is 2.27. The molecule has 0 heterocycles. The number of benzene rings is 1. The Morgan fingerprint density at radius 3 is 2.61 bits per heavy atom. The molecule has 1 aromatic carbocycles. The average Bonchev–Trinajstić information content (AvgIpc) is 2.25. The van der Waals surface area contributed by atoms with E-state index in [1.807, 2.05) is 6.07 Å². The SMILES string of the molecule is COc1ccc(B(O)O)c(CN(C)C2CCC2)c1. The second-order valence-corrected chi connectivity index (χ2v) is 4.94. The zero-order valence-electron chi connectivity index (χ0n) is 11.0. The van der Waals surface area contributed by atoms with Gasteiger partial charge in [-0.1, -0.05) is 12.5 Å². The topological polar surface area (TPSA) is 52.9 Å². The zero-order valence-corrected chi connectivity index (χ0v) is 11.0. The molecule has 1 saturated carbocycles. The van der Waals surface area contributed by atoms with E-state index >= 15 is 0 Å². The van der Waals surface area contributed by atoms with Gasteiger partial charge in [-0.05, 0) is 43.0 Å². The number of ether oxygens (including phenoxy) is 1. The fourth-order valence-electron chi connectivity index (χ4n) is 2.32. The van der Waals surface area contributed by atoms with Crippen LogP contribution in [0.2, 0.25) is 0 Å². The molecule has 4 nitrogen and oxygen atoms in total. The van der Waals surface area contributed by atoms with Crippen molar-refractivity contribution in [2.45, 2.75) is 31.8 Å².